The fourth-order valence-electron chi connectivity index (χ4n) is 3.66. The van der Waals surface area contributed by atoms with E-state index in [1.807, 2.05) is 0 Å². The summed E-state index contributed by atoms with van der Waals surface area (Å²) in [7, 11) is 1.52. The molecule has 0 rings (SSSR count). The van der Waals surface area contributed by atoms with Gasteiger partial charge in [-0.3, -0.25) is 28.8 Å². The van der Waals surface area contributed by atoms with Gasteiger partial charge in [0.2, 0.25) is 35.4 Å². The Kier molecular flexibility index (Phi) is 26.1. The lowest BCUT2D eigenvalue weighted by atomic mass is 10.2. The number of hydrogen-bond donors (Lipinski definition) is 5. The van der Waals surface area contributed by atoms with E-state index in [1.165, 1.54) is 12.0 Å². The van der Waals surface area contributed by atoms with Crippen LogP contribution in [0.25, 0.3) is 0 Å². The molecule has 6 amide bonds. The highest BCUT2D eigenvalue weighted by Crippen LogP contribution is 2.02. The first-order valence-electron chi connectivity index (χ1n) is 14.5. The maximum atomic E-state index is 12.8. The summed E-state index contributed by atoms with van der Waals surface area (Å²) in [6.07, 6.45) is 6.56. The smallest absolute Gasteiger partial charge is 0.239 e. The maximum absolute atomic E-state index is 12.8. The highest BCUT2D eigenvalue weighted by Gasteiger charge is 2.21. The molecule has 0 aliphatic carbocycles. The molecule has 0 atom stereocenters. The molecule has 5 N–H and O–H groups in total. The Morgan fingerprint density at radius 3 is 1.29 bits per heavy atom. The fourth-order valence-corrected chi connectivity index (χ4v) is 4.06. The van der Waals surface area contributed by atoms with Gasteiger partial charge in [-0.2, -0.15) is 0 Å². The van der Waals surface area contributed by atoms with Crippen molar-refractivity contribution in [1.82, 2.24) is 31.5 Å². The third-order valence-corrected chi connectivity index (χ3v) is 6.97. The summed E-state index contributed by atoms with van der Waals surface area (Å²) in [4.78, 5) is 73.4. The van der Waals surface area contributed by atoms with Crippen molar-refractivity contribution in [3.05, 3.63) is 0 Å². The van der Waals surface area contributed by atoms with Gasteiger partial charge in [-0.25, -0.2) is 0 Å². The number of nitrogens with one attached hydrogen (secondary N) is 5. The first kappa shape index (κ1) is 39.7. The van der Waals surface area contributed by atoms with E-state index in [4.69, 9.17) is 4.74 Å². The molecule has 0 radical (unpaired) electrons. The average Bonchev–Trinajstić information content (AvgIpc) is 2.97. The van der Waals surface area contributed by atoms with Crippen LogP contribution in [-0.4, -0.2) is 111 Å². The van der Waals surface area contributed by atoms with E-state index in [0.717, 1.165) is 51.4 Å². The topological polar surface area (TPSA) is 175 Å². The fraction of sp³-hybridized carbons (Fsp3) is 0.778. The summed E-state index contributed by atoms with van der Waals surface area (Å²) in [6.45, 7) is 2.20. The number of hydrogen-bond acceptors (Lipinski definition) is 7. The number of halogens is 2. The highest BCUT2D eigenvalue weighted by molar-refractivity contribution is 9.09. The summed E-state index contributed by atoms with van der Waals surface area (Å²) in [6, 6.07) is 0. The van der Waals surface area contributed by atoms with Crippen LogP contribution in [-0.2, 0) is 33.5 Å². The third kappa shape index (κ3) is 24.3. The van der Waals surface area contributed by atoms with Gasteiger partial charge in [0.25, 0.3) is 0 Å². The van der Waals surface area contributed by atoms with E-state index < -0.39 is 5.91 Å². The van der Waals surface area contributed by atoms with Crippen molar-refractivity contribution in [3.63, 3.8) is 0 Å². The lowest BCUT2D eigenvalue weighted by Crippen LogP contribution is -2.46. The van der Waals surface area contributed by atoms with Crippen molar-refractivity contribution < 1.29 is 33.5 Å². The second-order valence-corrected chi connectivity index (χ2v) is 10.7. The largest absolute Gasteiger partial charge is 0.383 e. The molecule has 0 aromatic heterocycles. The van der Waals surface area contributed by atoms with E-state index in [-0.39, 0.29) is 66.1 Å². The van der Waals surface area contributed by atoms with Crippen molar-refractivity contribution in [2.45, 2.75) is 64.2 Å². The molecule has 13 nitrogen and oxygen atoms in total. The normalized spacial score (nSPS) is 10.5. The van der Waals surface area contributed by atoms with Gasteiger partial charge in [0.15, 0.2) is 0 Å². The Bertz CT molecular complexity index is 774. The van der Waals surface area contributed by atoms with Crippen molar-refractivity contribution in [2.75, 3.05) is 70.2 Å². The van der Waals surface area contributed by atoms with E-state index >= 15 is 0 Å². The molecule has 0 heterocycles. The van der Waals surface area contributed by atoms with Crippen LogP contribution in [0.3, 0.4) is 0 Å². The van der Waals surface area contributed by atoms with Crippen molar-refractivity contribution in [1.29, 1.82) is 0 Å². The molecule has 0 aromatic carbocycles. The minimum absolute atomic E-state index is 0.0499. The molecule has 0 aliphatic heterocycles. The third-order valence-electron chi connectivity index (χ3n) is 5.95. The van der Waals surface area contributed by atoms with Gasteiger partial charge in [-0.05, 0) is 25.7 Å². The summed E-state index contributed by atoms with van der Waals surface area (Å²) in [5.74, 6) is -1.63. The second kappa shape index (κ2) is 27.6. The number of amides is 6. The number of nitrogens with zero attached hydrogens (tertiary/aromatic N) is 1. The predicted molar refractivity (Wildman–Crippen MR) is 167 cm³/mol. The van der Waals surface area contributed by atoms with Crippen LogP contribution in [0.2, 0.25) is 0 Å². The van der Waals surface area contributed by atoms with Gasteiger partial charge in [0.05, 0.1) is 17.3 Å². The standard InChI is InChI=1S/C27H48Br2N6O7/c1-42-17-16-34-22(36)10-11-27(41)35(20-25(39)32-14-8-4-2-6-12-30-23(37)18-28)21-26(40)33-15-9-5-3-7-13-31-24(38)19-29/h2-21H2,1H3,(H,30,37)(H,31,38)(H,32,39)(H,33,40)(H,34,36). The SMILES string of the molecule is COCCNC(=O)CCC(=O)N(CC(=O)NCCCCCCNC(=O)CBr)CC(=O)NCCCCCCNC(=O)CBr. The van der Waals surface area contributed by atoms with Gasteiger partial charge in [0.1, 0.15) is 13.1 Å². The van der Waals surface area contributed by atoms with E-state index in [9.17, 15) is 28.8 Å². The molecule has 0 aromatic rings. The molecule has 0 bridgehead atoms. The lowest BCUT2D eigenvalue weighted by Gasteiger charge is -2.22. The van der Waals surface area contributed by atoms with Crippen LogP contribution >= 0.6 is 31.9 Å². The molecule has 0 aliphatic rings. The second-order valence-electron chi connectivity index (χ2n) is 9.59. The highest BCUT2D eigenvalue weighted by atomic mass is 79.9. The van der Waals surface area contributed by atoms with Crippen LogP contribution in [0.1, 0.15) is 64.2 Å². The van der Waals surface area contributed by atoms with Gasteiger partial charge < -0.3 is 36.2 Å². The molecule has 15 heteroatoms. The number of alkyl halides is 2. The molecular formula is C27H48Br2N6O7. The molecule has 42 heavy (non-hydrogen) atoms. The zero-order chi connectivity index (χ0) is 31.4. The minimum Gasteiger partial charge on any atom is -0.383 e. The summed E-state index contributed by atoms with van der Waals surface area (Å²) in [5, 5.41) is 14.3. The maximum Gasteiger partial charge on any atom is 0.239 e. The monoisotopic (exact) mass is 726 g/mol. The van der Waals surface area contributed by atoms with Crippen LogP contribution in [0.4, 0.5) is 0 Å². The molecule has 0 saturated carbocycles. The minimum atomic E-state index is -0.460. The summed E-state index contributed by atoms with van der Waals surface area (Å²) in [5.41, 5.74) is 0. The van der Waals surface area contributed by atoms with Crippen molar-refractivity contribution in [3.8, 4) is 0 Å². The first-order chi connectivity index (χ1) is 20.2. The average molecular weight is 729 g/mol. The summed E-state index contributed by atoms with van der Waals surface area (Å²) >= 11 is 6.19. The van der Waals surface area contributed by atoms with E-state index in [1.54, 1.807) is 0 Å². The number of unbranched alkanes of at least 4 members (excludes halogenated alkanes) is 6. The van der Waals surface area contributed by atoms with Crippen LogP contribution < -0.4 is 26.6 Å². The van der Waals surface area contributed by atoms with Crippen LogP contribution in [0.5, 0.6) is 0 Å². The van der Waals surface area contributed by atoms with Gasteiger partial charge in [-0.1, -0.05) is 57.5 Å². The quantitative estimate of drug-likeness (QED) is 0.0645. The van der Waals surface area contributed by atoms with Gasteiger partial charge in [-0.15, -0.1) is 0 Å². The van der Waals surface area contributed by atoms with E-state index in [0.29, 0.717) is 39.3 Å². The zero-order valence-electron chi connectivity index (χ0n) is 24.7. The lowest BCUT2D eigenvalue weighted by molar-refractivity contribution is -0.140. The van der Waals surface area contributed by atoms with Crippen LogP contribution in [0.15, 0.2) is 0 Å². The Morgan fingerprint density at radius 2 is 0.905 bits per heavy atom. The van der Waals surface area contributed by atoms with Gasteiger partial charge >= 0.3 is 0 Å². The Morgan fingerprint density at radius 1 is 0.524 bits per heavy atom. The Hall–Kier alpha value is -2.26. The molecule has 0 saturated heterocycles. The zero-order valence-corrected chi connectivity index (χ0v) is 27.9. The first-order valence-corrected chi connectivity index (χ1v) is 16.7. The van der Waals surface area contributed by atoms with Crippen molar-refractivity contribution >= 4 is 67.3 Å². The van der Waals surface area contributed by atoms with Gasteiger partial charge in [0, 0.05) is 52.7 Å². The number of rotatable bonds is 26. The number of ether oxygens (including phenoxy) is 1. The number of carbonyl (C=O) groups excluding carboxylic acids is 6. The van der Waals surface area contributed by atoms with Crippen molar-refractivity contribution in [2.24, 2.45) is 0 Å². The number of carbonyl (C=O) groups is 6. The molecule has 242 valence electrons. The Labute approximate surface area is 266 Å². The number of methoxy groups -OCH3 is 1. The molecular weight excluding hydrogens is 680 g/mol. The predicted octanol–water partition coefficient (Wildman–Crippen LogP) is 0.733. The molecule has 0 fully saturated rings. The molecule has 0 unspecified atom stereocenters. The van der Waals surface area contributed by atoms with Crippen LogP contribution in [0, 0.1) is 0 Å². The Balaban J connectivity index is 4.53. The summed E-state index contributed by atoms with van der Waals surface area (Å²) < 4.78 is 4.89. The van der Waals surface area contributed by atoms with E-state index in [2.05, 4.69) is 58.4 Å². The molecule has 0 spiro atoms.